The number of hydrogen-bond donors (Lipinski definition) is 0. The fourth-order valence-electron chi connectivity index (χ4n) is 5.42. The summed E-state index contributed by atoms with van der Waals surface area (Å²) in [6, 6.07) is 0. The largest absolute Gasteiger partial charge is 0.394 e. The second-order valence-corrected chi connectivity index (χ2v) is 7.03. The Morgan fingerprint density at radius 2 is 1.37 bits per heavy atom. The molecule has 110 valence electrons. The first-order chi connectivity index (χ1) is 8.53. The zero-order valence-corrected chi connectivity index (χ0v) is 10.4. The van der Waals surface area contributed by atoms with E-state index in [0.717, 1.165) is 0 Å². The van der Waals surface area contributed by atoms with Crippen molar-refractivity contribution < 1.29 is 26.3 Å². The molecule has 6 heteroatoms. The molecule has 0 nitrogen and oxygen atoms in total. The van der Waals surface area contributed by atoms with E-state index < -0.39 is 29.6 Å². The molecule has 0 aromatic heterocycles. The Balaban J connectivity index is 1.93. The monoisotopic (exact) mass is 286 g/mol. The minimum atomic E-state index is -4.36. The second kappa shape index (κ2) is 3.61. The van der Waals surface area contributed by atoms with E-state index >= 15 is 0 Å². The van der Waals surface area contributed by atoms with Gasteiger partial charge in [0.25, 0.3) is 0 Å². The van der Waals surface area contributed by atoms with Crippen LogP contribution in [0.4, 0.5) is 26.3 Å². The zero-order valence-electron chi connectivity index (χ0n) is 10.4. The molecule has 0 spiro atoms. The highest BCUT2D eigenvalue weighted by Crippen LogP contribution is 2.71. The molecule has 4 aliphatic rings. The molecule has 4 atom stereocenters. The lowest BCUT2D eigenvalue weighted by molar-refractivity contribution is -0.297. The van der Waals surface area contributed by atoms with Gasteiger partial charge in [-0.15, -0.1) is 0 Å². The van der Waals surface area contributed by atoms with Crippen molar-refractivity contribution in [3.8, 4) is 0 Å². The highest BCUT2D eigenvalue weighted by atomic mass is 19.4. The van der Waals surface area contributed by atoms with Crippen LogP contribution in [0.2, 0.25) is 0 Å². The van der Waals surface area contributed by atoms with Gasteiger partial charge < -0.3 is 0 Å². The van der Waals surface area contributed by atoms with Crippen molar-refractivity contribution in [1.82, 2.24) is 0 Å². The first-order valence-corrected chi connectivity index (χ1v) is 6.66. The molecule has 0 aromatic carbocycles. The first kappa shape index (κ1) is 13.6. The number of hydrogen-bond acceptors (Lipinski definition) is 0. The molecule has 4 saturated carbocycles. The molecule has 0 aliphatic heterocycles. The average Bonchev–Trinajstić information content (AvgIpc) is 2.08. The standard InChI is InChI=1S/C13H16F6/c14-12(15,16)7-10-2-8-1-9(3-10)5-11(4-8,6-10)13(17,18)19/h8-9H,1-7H2/t8-,9+,10?,11?. The highest BCUT2D eigenvalue weighted by molar-refractivity contribution is 5.10. The van der Waals surface area contributed by atoms with E-state index in [4.69, 9.17) is 0 Å². The van der Waals surface area contributed by atoms with Crippen molar-refractivity contribution in [2.24, 2.45) is 22.7 Å². The van der Waals surface area contributed by atoms with Crippen LogP contribution in [0.25, 0.3) is 0 Å². The minimum absolute atomic E-state index is 0.0482. The van der Waals surface area contributed by atoms with Crippen molar-refractivity contribution in [1.29, 1.82) is 0 Å². The van der Waals surface area contributed by atoms with Gasteiger partial charge in [0.05, 0.1) is 5.41 Å². The molecule has 0 radical (unpaired) electrons. The van der Waals surface area contributed by atoms with Crippen LogP contribution in [0, 0.1) is 22.7 Å². The van der Waals surface area contributed by atoms with Gasteiger partial charge in [-0.3, -0.25) is 0 Å². The molecular formula is C13H16F6. The smallest absolute Gasteiger partial charge is 0.171 e. The fourth-order valence-corrected chi connectivity index (χ4v) is 5.42. The normalized spacial score (nSPS) is 45.8. The van der Waals surface area contributed by atoms with Gasteiger partial charge in [0.15, 0.2) is 0 Å². The molecule has 0 N–H and O–H groups in total. The molecule has 2 unspecified atom stereocenters. The number of alkyl halides is 6. The molecule has 0 heterocycles. The van der Waals surface area contributed by atoms with E-state index in [2.05, 4.69) is 0 Å². The average molecular weight is 286 g/mol. The van der Waals surface area contributed by atoms with Gasteiger partial charge in [0.2, 0.25) is 0 Å². The molecule has 4 aliphatic carbocycles. The second-order valence-electron chi connectivity index (χ2n) is 7.03. The summed E-state index contributed by atoms with van der Waals surface area (Å²) < 4.78 is 78.1. The summed E-state index contributed by atoms with van der Waals surface area (Å²) in [5.74, 6) is -0.324. The van der Waals surface area contributed by atoms with Crippen LogP contribution in [0.3, 0.4) is 0 Å². The van der Waals surface area contributed by atoms with Gasteiger partial charge in [-0.1, -0.05) is 0 Å². The maximum absolute atomic E-state index is 13.3. The van der Waals surface area contributed by atoms with E-state index in [1.54, 1.807) is 0 Å². The van der Waals surface area contributed by atoms with E-state index in [9.17, 15) is 26.3 Å². The van der Waals surface area contributed by atoms with Crippen molar-refractivity contribution in [3.63, 3.8) is 0 Å². The zero-order chi connectivity index (χ0) is 14.1. The van der Waals surface area contributed by atoms with Gasteiger partial charge in [0.1, 0.15) is 0 Å². The molecule has 0 aromatic rings. The van der Waals surface area contributed by atoms with Gasteiger partial charge in [0, 0.05) is 6.42 Å². The van der Waals surface area contributed by atoms with E-state index in [0.29, 0.717) is 19.3 Å². The molecule has 0 amide bonds. The lowest BCUT2D eigenvalue weighted by Crippen LogP contribution is -2.58. The van der Waals surface area contributed by atoms with Crippen LogP contribution < -0.4 is 0 Å². The summed E-state index contributed by atoms with van der Waals surface area (Å²) in [6.45, 7) is 0. The molecule has 4 fully saturated rings. The summed E-state index contributed by atoms with van der Waals surface area (Å²) >= 11 is 0. The van der Waals surface area contributed by atoms with E-state index in [-0.39, 0.29) is 31.1 Å². The van der Waals surface area contributed by atoms with Crippen molar-refractivity contribution >= 4 is 0 Å². The number of halogens is 6. The predicted molar refractivity (Wildman–Crippen MR) is 56.3 cm³/mol. The molecular weight excluding hydrogens is 270 g/mol. The van der Waals surface area contributed by atoms with Gasteiger partial charge >= 0.3 is 12.4 Å². The third-order valence-electron chi connectivity index (χ3n) is 5.36. The summed E-state index contributed by atoms with van der Waals surface area (Å²) in [6.07, 6.45) is -8.61. The fraction of sp³-hybridized carbons (Fsp3) is 1.00. The van der Waals surface area contributed by atoms with Gasteiger partial charge in [-0.25, -0.2) is 0 Å². The predicted octanol–water partition coefficient (Wildman–Crippen LogP) is 5.09. The summed E-state index contributed by atoms with van der Waals surface area (Å²) in [4.78, 5) is 0. The van der Waals surface area contributed by atoms with E-state index in [1.165, 1.54) is 0 Å². The maximum Gasteiger partial charge on any atom is 0.394 e. The van der Waals surface area contributed by atoms with Gasteiger partial charge in [-0.2, -0.15) is 26.3 Å². The molecule has 0 saturated heterocycles. The van der Waals surface area contributed by atoms with Crippen LogP contribution in [0.1, 0.15) is 44.9 Å². The van der Waals surface area contributed by atoms with Crippen LogP contribution in [0.15, 0.2) is 0 Å². The van der Waals surface area contributed by atoms with Gasteiger partial charge in [-0.05, 0) is 55.8 Å². The summed E-state index contributed by atoms with van der Waals surface area (Å²) in [5.41, 5.74) is -2.97. The molecule has 4 bridgehead atoms. The molecule has 4 rings (SSSR count). The Hall–Kier alpha value is -0.420. The van der Waals surface area contributed by atoms with Crippen molar-refractivity contribution in [2.75, 3.05) is 0 Å². The van der Waals surface area contributed by atoms with E-state index in [1.807, 2.05) is 0 Å². The summed E-state index contributed by atoms with van der Waals surface area (Å²) in [7, 11) is 0. The van der Waals surface area contributed by atoms with Crippen molar-refractivity contribution in [3.05, 3.63) is 0 Å². The third kappa shape index (κ3) is 2.15. The highest BCUT2D eigenvalue weighted by Gasteiger charge is 2.68. The molecule has 19 heavy (non-hydrogen) atoms. The topological polar surface area (TPSA) is 0 Å². The third-order valence-corrected chi connectivity index (χ3v) is 5.36. The van der Waals surface area contributed by atoms with Crippen LogP contribution in [0.5, 0.6) is 0 Å². The van der Waals surface area contributed by atoms with Crippen LogP contribution in [-0.4, -0.2) is 12.4 Å². The number of rotatable bonds is 1. The van der Waals surface area contributed by atoms with Crippen LogP contribution >= 0.6 is 0 Å². The Bertz CT molecular complexity index is 366. The minimum Gasteiger partial charge on any atom is -0.171 e. The van der Waals surface area contributed by atoms with Crippen LogP contribution in [-0.2, 0) is 0 Å². The Labute approximate surface area is 107 Å². The Kier molecular flexibility index (Phi) is 2.58. The summed E-state index contributed by atoms with van der Waals surface area (Å²) in [5, 5.41) is 0. The Morgan fingerprint density at radius 1 is 0.842 bits per heavy atom. The lowest BCUT2D eigenvalue weighted by Gasteiger charge is -2.62. The quantitative estimate of drug-likeness (QED) is 0.589. The first-order valence-electron chi connectivity index (χ1n) is 6.66. The Morgan fingerprint density at radius 3 is 1.79 bits per heavy atom. The lowest BCUT2D eigenvalue weighted by atomic mass is 9.43. The van der Waals surface area contributed by atoms with Crippen molar-refractivity contribution in [2.45, 2.75) is 57.3 Å². The maximum atomic E-state index is 13.3. The SMILES string of the molecule is FC(F)(F)CC12C[C@H]3C[C@@H](C1)CC(C(F)(F)F)(C3)C2.